The molecule has 9 heteroatoms. The lowest BCUT2D eigenvalue weighted by molar-refractivity contribution is -0.133. The molecule has 0 bridgehead atoms. The first-order chi connectivity index (χ1) is 16.9. The van der Waals surface area contributed by atoms with Crippen molar-refractivity contribution >= 4 is 17.4 Å². The number of hydrogen-bond acceptors (Lipinski definition) is 7. The van der Waals surface area contributed by atoms with Crippen LogP contribution >= 0.6 is 0 Å². The largest absolute Gasteiger partial charge is 0.472 e. The van der Waals surface area contributed by atoms with E-state index in [0.717, 1.165) is 37.9 Å². The molecule has 1 aromatic rings. The van der Waals surface area contributed by atoms with Gasteiger partial charge in [0.2, 0.25) is 11.8 Å². The normalized spacial score (nSPS) is 24.2. The minimum Gasteiger partial charge on any atom is -0.472 e. The van der Waals surface area contributed by atoms with Gasteiger partial charge in [-0.25, -0.2) is 4.98 Å². The van der Waals surface area contributed by atoms with Crippen molar-refractivity contribution in [2.75, 3.05) is 59.6 Å². The fourth-order valence-corrected chi connectivity index (χ4v) is 4.87. The number of hydrogen-bond donors (Lipinski definition) is 1. The van der Waals surface area contributed by atoms with Crippen LogP contribution < -0.4 is 4.74 Å². The maximum atomic E-state index is 13.6. The van der Waals surface area contributed by atoms with Crippen LogP contribution in [0.15, 0.2) is 18.3 Å². The van der Waals surface area contributed by atoms with E-state index in [1.807, 2.05) is 19.9 Å². The maximum Gasteiger partial charge on any atom is 0.259 e. The van der Waals surface area contributed by atoms with Gasteiger partial charge in [-0.2, -0.15) is 0 Å². The van der Waals surface area contributed by atoms with Gasteiger partial charge in [-0.3, -0.25) is 14.5 Å². The number of amides is 2. The fourth-order valence-electron chi connectivity index (χ4n) is 4.87. The Morgan fingerprint density at radius 3 is 2.80 bits per heavy atom. The quantitative estimate of drug-likeness (QED) is 0.626. The number of aromatic nitrogens is 1. The first kappa shape index (κ1) is 25.6. The lowest BCUT2D eigenvalue weighted by Gasteiger charge is -2.38. The van der Waals surface area contributed by atoms with Crippen LogP contribution in [0.3, 0.4) is 0 Å². The SMILES string of the molecule is C[C@H]1CN([C@@H](C)CO)C(=O)c2cc(C3=CCCC3)cnc2O[C@H]1CN(C)C(=O)CN1CCOCC1. The number of carbonyl (C=O) groups excluding carboxylic acids is 2. The second-order valence-electron chi connectivity index (χ2n) is 9.98. The Morgan fingerprint density at radius 1 is 1.34 bits per heavy atom. The zero-order valence-corrected chi connectivity index (χ0v) is 21.1. The van der Waals surface area contributed by atoms with E-state index < -0.39 is 0 Å². The van der Waals surface area contributed by atoms with Crippen LogP contribution in [-0.2, 0) is 9.53 Å². The number of nitrogens with zero attached hydrogens (tertiary/aromatic N) is 4. The smallest absolute Gasteiger partial charge is 0.259 e. The second kappa shape index (κ2) is 11.5. The molecule has 2 aliphatic heterocycles. The molecule has 1 aromatic heterocycles. The lowest BCUT2D eigenvalue weighted by Crippen LogP contribution is -2.51. The summed E-state index contributed by atoms with van der Waals surface area (Å²) in [4.78, 5) is 36.6. The Bertz CT molecular complexity index is 946. The van der Waals surface area contributed by atoms with E-state index in [1.165, 1.54) is 5.57 Å². The molecule has 0 radical (unpaired) electrons. The first-order valence-electron chi connectivity index (χ1n) is 12.7. The van der Waals surface area contributed by atoms with Crippen molar-refractivity contribution < 1.29 is 24.2 Å². The fraction of sp³-hybridized carbons (Fsp3) is 0.654. The Hall–Kier alpha value is -2.49. The number of allylic oxidation sites excluding steroid dienone is 2. The van der Waals surface area contributed by atoms with E-state index in [4.69, 9.17) is 9.47 Å². The molecule has 0 unspecified atom stereocenters. The van der Waals surface area contributed by atoms with E-state index >= 15 is 0 Å². The molecule has 1 aliphatic carbocycles. The van der Waals surface area contributed by atoms with Gasteiger partial charge in [0, 0.05) is 38.8 Å². The number of carbonyl (C=O) groups is 2. The van der Waals surface area contributed by atoms with Crippen molar-refractivity contribution in [2.45, 2.75) is 45.3 Å². The Kier molecular flexibility index (Phi) is 8.41. The van der Waals surface area contributed by atoms with Gasteiger partial charge in [0.05, 0.1) is 39.0 Å². The van der Waals surface area contributed by atoms with Gasteiger partial charge in [-0.15, -0.1) is 0 Å². The van der Waals surface area contributed by atoms with Crippen LogP contribution in [0.5, 0.6) is 5.88 Å². The maximum absolute atomic E-state index is 13.6. The van der Waals surface area contributed by atoms with Crippen LogP contribution in [0.1, 0.15) is 49.0 Å². The average molecular weight is 487 g/mol. The van der Waals surface area contributed by atoms with Crippen LogP contribution in [0.2, 0.25) is 0 Å². The van der Waals surface area contributed by atoms with Crippen molar-refractivity contribution in [3.05, 3.63) is 29.5 Å². The summed E-state index contributed by atoms with van der Waals surface area (Å²) >= 11 is 0. The third-order valence-corrected chi connectivity index (χ3v) is 7.27. The van der Waals surface area contributed by atoms with Crippen LogP contribution in [-0.4, -0.2) is 108 Å². The van der Waals surface area contributed by atoms with Gasteiger partial charge >= 0.3 is 0 Å². The number of aliphatic hydroxyl groups excluding tert-OH is 1. The highest BCUT2D eigenvalue weighted by Gasteiger charge is 2.35. The number of pyridine rings is 1. The summed E-state index contributed by atoms with van der Waals surface area (Å²) in [6, 6.07) is 1.53. The van der Waals surface area contributed by atoms with E-state index in [0.29, 0.717) is 38.4 Å². The topological polar surface area (TPSA) is 95.4 Å². The number of likely N-dealkylation sites (N-methyl/N-ethyl adjacent to an activating group) is 1. The van der Waals surface area contributed by atoms with Crippen molar-refractivity contribution in [3.63, 3.8) is 0 Å². The molecular weight excluding hydrogens is 448 g/mol. The molecule has 4 rings (SSSR count). The molecule has 0 spiro atoms. The standard InChI is InChI=1S/C26H38N4O5/c1-18-14-30(19(2)17-31)26(33)22-12-21(20-6-4-5-7-20)13-27-25(22)35-23(18)15-28(3)24(32)16-29-8-10-34-11-9-29/h6,12-13,18-19,23,31H,4-5,7-11,14-17H2,1-3H3/t18-,19-,23-/m0/s1. The third kappa shape index (κ3) is 6.02. The highest BCUT2D eigenvalue weighted by Crippen LogP contribution is 2.32. The first-order valence-corrected chi connectivity index (χ1v) is 12.7. The number of aliphatic hydroxyl groups is 1. The summed E-state index contributed by atoms with van der Waals surface area (Å²) in [7, 11) is 1.79. The lowest BCUT2D eigenvalue weighted by atomic mass is 9.99. The summed E-state index contributed by atoms with van der Waals surface area (Å²) in [6.45, 7) is 7.67. The molecule has 1 fully saturated rings. The Balaban J connectivity index is 1.56. The zero-order chi connectivity index (χ0) is 24.9. The van der Waals surface area contributed by atoms with Crippen LogP contribution in [0.4, 0.5) is 0 Å². The molecule has 0 saturated carbocycles. The van der Waals surface area contributed by atoms with Crippen molar-refractivity contribution in [1.29, 1.82) is 0 Å². The van der Waals surface area contributed by atoms with Gasteiger partial charge in [0.1, 0.15) is 11.7 Å². The second-order valence-corrected chi connectivity index (χ2v) is 9.98. The highest BCUT2D eigenvalue weighted by molar-refractivity contribution is 5.97. The molecule has 192 valence electrons. The highest BCUT2D eigenvalue weighted by atomic mass is 16.5. The number of morpholine rings is 1. The number of fused-ring (bicyclic) bond motifs is 1. The van der Waals surface area contributed by atoms with Gasteiger partial charge in [-0.1, -0.05) is 13.0 Å². The molecule has 1 saturated heterocycles. The third-order valence-electron chi connectivity index (χ3n) is 7.27. The number of rotatable bonds is 7. The predicted octanol–water partition coefficient (Wildman–Crippen LogP) is 1.66. The molecule has 3 heterocycles. The summed E-state index contributed by atoms with van der Waals surface area (Å²) in [6.07, 6.45) is 6.75. The van der Waals surface area contributed by atoms with E-state index in [9.17, 15) is 14.7 Å². The molecule has 3 atom stereocenters. The summed E-state index contributed by atoms with van der Waals surface area (Å²) < 4.78 is 11.7. The average Bonchev–Trinajstić information content (AvgIpc) is 3.41. The molecule has 0 aromatic carbocycles. The molecule has 9 nitrogen and oxygen atoms in total. The summed E-state index contributed by atoms with van der Waals surface area (Å²) in [5.41, 5.74) is 2.56. The van der Waals surface area contributed by atoms with Crippen molar-refractivity contribution in [2.24, 2.45) is 5.92 Å². The summed E-state index contributed by atoms with van der Waals surface area (Å²) in [5, 5.41) is 9.85. The van der Waals surface area contributed by atoms with Gasteiger partial charge in [0.25, 0.3) is 5.91 Å². The van der Waals surface area contributed by atoms with Crippen molar-refractivity contribution in [3.8, 4) is 5.88 Å². The molecule has 35 heavy (non-hydrogen) atoms. The van der Waals surface area contributed by atoms with Crippen LogP contribution in [0, 0.1) is 5.92 Å². The van der Waals surface area contributed by atoms with E-state index in [1.54, 1.807) is 23.0 Å². The molecular formula is C26H38N4O5. The van der Waals surface area contributed by atoms with Gasteiger partial charge in [-0.05, 0) is 43.4 Å². The zero-order valence-electron chi connectivity index (χ0n) is 21.1. The Morgan fingerprint density at radius 2 is 2.11 bits per heavy atom. The van der Waals surface area contributed by atoms with Crippen LogP contribution in [0.25, 0.3) is 5.57 Å². The van der Waals surface area contributed by atoms with Gasteiger partial charge in [0.15, 0.2) is 0 Å². The minimum atomic E-state index is -0.349. The van der Waals surface area contributed by atoms with E-state index in [-0.39, 0.29) is 42.4 Å². The predicted molar refractivity (Wildman–Crippen MR) is 132 cm³/mol. The monoisotopic (exact) mass is 486 g/mol. The minimum absolute atomic E-state index is 0.0260. The van der Waals surface area contributed by atoms with Crippen molar-refractivity contribution in [1.82, 2.24) is 19.7 Å². The Labute approximate surface area is 207 Å². The molecule has 1 N–H and O–H groups in total. The van der Waals surface area contributed by atoms with Gasteiger partial charge < -0.3 is 24.4 Å². The number of ether oxygens (including phenoxy) is 2. The van der Waals surface area contributed by atoms with E-state index in [2.05, 4.69) is 16.0 Å². The molecule has 3 aliphatic rings. The summed E-state index contributed by atoms with van der Waals surface area (Å²) in [5.74, 6) is 0.0616. The molecule has 2 amide bonds.